The number of rotatable bonds is 5. The molecule has 1 heterocycles. The summed E-state index contributed by atoms with van der Waals surface area (Å²) in [6, 6.07) is 10.5. The molecule has 1 aliphatic heterocycles. The summed E-state index contributed by atoms with van der Waals surface area (Å²) in [5.74, 6) is 1.23. The topological polar surface area (TPSA) is 32.7 Å². The molecule has 1 saturated heterocycles. The van der Waals surface area contributed by atoms with Gasteiger partial charge in [0, 0.05) is 18.8 Å². The van der Waals surface area contributed by atoms with Gasteiger partial charge in [-0.2, -0.15) is 0 Å². The van der Waals surface area contributed by atoms with E-state index in [2.05, 4.69) is 50.8 Å². The minimum absolute atomic E-state index is 0.344. The van der Waals surface area contributed by atoms with Crippen molar-refractivity contribution in [3.05, 3.63) is 58.1 Å². The Labute approximate surface area is 157 Å². The summed E-state index contributed by atoms with van der Waals surface area (Å²) in [4.78, 5) is 2.44. The molecule has 0 amide bonds. The number of hydrogen-bond acceptors (Lipinski definition) is 3. The van der Waals surface area contributed by atoms with Gasteiger partial charge in [0.05, 0.1) is 7.11 Å². The van der Waals surface area contributed by atoms with Crippen molar-refractivity contribution in [3.8, 4) is 5.75 Å². The third-order valence-corrected chi connectivity index (χ3v) is 5.51. The Morgan fingerprint density at radius 3 is 2.15 bits per heavy atom. The summed E-state index contributed by atoms with van der Waals surface area (Å²) >= 11 is 0. The Morgan fingerprint density at radius 1 is 1.00 bits per heavy atom. The van der Waals surface area contributed by atoms with Gasteiger partial charge in [-0.05, 0) is 84.7 Å². The van der Waals surface area contributed by atoms with Crippen LogP contribution >= 0.6 is 0 Å². The second-order valence-electron chi connectivity index (χ2n) is 7.75. The van der Waals surface area contributed by atoms with Gasteiger partial charge in [-0.1, -0.05) is 19.9 Å². The minimum atomic E-state index is -0.619. The van der Waals surface area contributed by atoms with E-state index in [1.165, 1.54) is 18.5 Å². The van der Waals surface area contributed by atoms with E-state index in [-0.39, 0.29) is 0 Å². The number of aliphatic hydroxyl groups is 1. The van der Waals surface area contributed by atoms with Crippen molar-refractivity contribution in [2.75, 3.05) is 25.1 Å². The van der Waals surface area contributed by atoms with Crippen LogP contribution in [0.2, 0.25) is 0 Å². The SMILES string of the molecule is COc1ccc(C(O)c2c(C)cc(N3CCCC3)cc2C)cc1C(C)C. The van der Waals surface area contributed by atoms with Crippen LogP contribution in [0.1, 0.15) is 66.5 Å². The minimum Gasteiger partial charge on any atom is -0.496 e. The van der Waals surface area contributed by atoms with Crippen molar-refractivity contribution in [2.45, 2.75) is 52.6 Å². The van der Waals surface area contributed by atoms with Crippen molar-refractivity contribution in [1.29, 1.82) is 0 Å². The van der Waals surface area contributed by atoms with Crippen LogP contribution in [0.5, 0.6) is 5.75 Å². The number of aryl methyl sites for hydroxylation is 2. The second kappa shape index (κ2) is 7.71. The number of aliphatic hydroxyl groups excluding tert-OH is 1. The molecule has 3 heteroatoms. The molecule has 0 bridgehead atoms. The maximum atomic E-state index is 11.1. The van der Waals surface area contributed by atoms with Gasteiger partial charge in [0.15, 0.2) is 0 Å². The van der Waals surface area contributed by atoms with Crippen LogP contribution in [-0.4, -0.2) is 25.3 Å². The van der Waals surface area contributed by atoms with Crippen molar-refractivity contribution < 1.29 is 9.84 Å². The smallest absolute Gasteiger partial charge is 0.122 e. The zero-order valence-corrected chi connectivity index (χ0v) is 16.7. The molecule has 3 rings (SSSR count). The Hall–Kier alpha value is -2.00. The van der Waals surface area contributed by atoms with Crippen LogP contribution in [-0.2, 0) is 0 Å². The molecule has 1 aliphatic rings. The van der Waals surface area contributed by atoms with Crippen molar-refractivity contribution in [3.63, 3.8) is 0 Å². The molecule has 26 heavy (non-hydrogen) atoms. The van der Waals surface area contributed by atoms with Crippen molar-refractivity contribution in [2.24, 2.45) is 0 Å². The first-order valence-electron chi connectivity index (χ1n) is 9.64. The molecule has 140 valence electrons. The first-order chi connectivity index (χ1) is 12.4. The zero-order chi connectivity index (χ0) is 18.8. The van der Waals surface area contributed by atoms with E-state index in [4.69, 9.17) is 4.74 Å². The Bertz CT molecular complexity index is 753. The molecule has 1 fully saturated rings. The number of ether oxygens (including phenoxy) is 1. The summed E-state index contributed by atoms with van der Waals surface area (Å²) < 4.78 is 5.48. The number of methoxy groups -OCH3 is 1. The molecule has 2 aromatic rings. The van der Waals surface area contributed by atoms with Crippen LogP contribution in [0.15, 0.2) is 30.3 Å². The second-order valence-corrected chi connectivity index (χ2v) is 7.75. The van der Waals surface area contributed by atoms with E-state index >= 15 is 0 Å². The number of benzene rings is 2. The largest absolute Gasteiger partial charge is 0.496 e. The highest BCUT2D eigenvalue weighted by molar-refractivity contribution is 5.56. The Balaban J connectivity index is 1.97. The first-order valence-corrected chi connectivity index (χ1v) is 9.64. The van der Waals surface area contributed by atoms with Gasteiger partial charge < -0.3 is 14.7 Å². The highest BCUT2D eigenvalue weighted by atomic mass is 16.5. The fourth-order valence-electron chi connectivity index (χ4n) is 4.08. The molecule has 0 aromatic heterocycles. The molecular formula is C23H31NO2. The zero-order valence-electron chi connectivity index (χ0n) is 16.7. The third-order valence-electron chi connectivity index (χ3n) is 5.51. The average Bonchev–Trinajstić information content (AvgIpc) is 3.15. The van der Waals surface area contributed by atoms with E-state index in [0.717, 1.165) is 46.7 Å². The molecule has 0 spiro atoms. The van der Waals surface area contributed by atoms with Crippen molar-refractivity contribution in [1.82, 2.24) is 0 Å². The summed E-state index contributed by atoms with van der Waals surface area (Å²) in [5.41, 5.74) is 6.67. The van der Waals surface area contributed by atoms with Crippen LogP contribution in [0.4, 0.5) is 5.69 Å². The van der Waals surface area contributed by atoms with Crippen LogP contribution in [0.3, 0.4) is 0 Å². The lowest BCUT2D eigenvalue weighted by molar-refractivity contribution is 0.218. The molecule has 1 N–H and O–H groups in total. The summed E-state index contributed by atoms with van der Waals surface area (Å²) in [6.45, 7) is 10.8. The van der Waals surface area contributed by atoms with Crippen LogP contribution < -0.4 is 9.64 Å². The van der Waals surface area contributed by atoms with Gasteiger partial charge in [-0.3, -0.25) is 0 Å². The lowest BCUT2D eigenvalue weighted by Crippen LogP contribution is -2.18. The van der Waals surface area contributed by atoms with Crippen molar-refractivity contribution >= 4 is 5.69 Å². The third kappa shape index (κ3) is 3.59. The molecule has 0 aliphatic carbocycles. The molecule has 1 unspecified atom stereocenters. The number of anilines is 1. The number of nitrogens with zero attached hydrogens (tertiary/aromatic N) is 1. The van der Waals surface area contributed by atoms with Gasteiger partial charge in [0.2, 0.25) is 0 Å². The van der Waals surface area contributed by atoms with E-state index in [1.54, 1.807) is 7.11 Å². The summed E-state index contributed by atoms with van der Waals surface area (Å²) in [6.07, 6.45) is 1.92. The molecule has 2 aromatic carbocycles. The maximum absolute atomic E-state index is 11.1. The average molecular weight is 354 g/mol. The molecular weight excluding hydrogens is 322 g/mol. The summed E-state index contributed by atoms with van der Waals surface area (Å²) in [5, 5.41) is 11.1. The van der Waals surface area contributed by atoms with Gasteiger partial charge >= 0.3 is 0 Å². The van der Waals surface area contributed by atoms with Gasteiger partial charge in [-0.15, -0.1) is 0 Å². The molecule has 0 saturated carbocycles. The van der Waals surface area contributed by atoms with Crippen LogP contribution in [0, 0.1) is 13.8 Å². The first kappa shape index (κ1) is 18.8. The lowest BCUT2D eigenvalue weighted by Gasteiger charge is -2.24. The van der Waals surface area contributed by atoms with E-state index in [0.29, 0.717) is 5.92 Å². The normalized spacial score (nSPS) is 15.6. The highest BCUT2D eigenvalue weighted by Gasteiger charge is 2.20. The lowest BCUT2D eigenvalue weighted by atomic mass is 9.90. The molecule has 0 radical (unpaired) electrons. The predicted molar refractivity (Wildman–Crippen MR) is 109 cm³/mol. The quantitative estimate of drug-likeness (QED) is 0.810. The van der Waals surface area contributed by atoms with Gasteiger partial charge in [-0.25, -0.2) is 0 Å². The van der Waals surface area contributed by atoms with Gasteiger partial charge in [0.1, 0.15) is 11.9 Å². The van der Waals surface area contributed by atoms with E-state index in [1.807, 2.05) is 12.1 Å². The van der Waals surface area contributed by atoms with Crippen LogP contribution in [0.25, 0.3) is 0 Å². The Kier molecular flexibility index (Phi) is 5.57. The highest BCUT2D eigenvalue weighted by Crippen LogP contribution is 2.35. The predicted octanol–water partition coefficient (Wildman–Crippen LogP) is 5.12. The Morgan fingerprint density at radius 2 is 1.62 bits per heavy atom. The van der Waals surface area contributed by atoms with E-state index in [9.17, 15) is 5.11 Å². The fraction of sp³-hybridized carbons (Fsp3) is 0.478. The number of hydrogen-bond donors (Lipinski definition) is 1. The summed E-state index contributed by atoms with van der Waals surface area (Å²) in [7, 11) is 1.70. The standard InChI is InChI=1S/C23H31NO2/c1-15(2)20-14-18(8-9-21(20)26-5)23(25)22-16(3)12-19(13-17(22)4)24-10-6-7-11-24/h8-9,12-15,23,25H,6-7,10-11H2,1-5H3. The van der Waals surface area contributed by atoms with E-state index < -0.39 is 6.10 Å². The maximum Gasteiger partial charge on any atom is 0.122 e. The molecule has 1 atom stereocenters. The fourth-order valence-corrected chi connectivity index (χ4v) is 4.08. The monoisotopic (exact) mass is 353 g/mol. The molecule has 3 nitrogen and oxygen atoms in total. The van der Waals surface area contributed by atoms with Gasteiger partial charge in [0.25, 0.3) is 0 Å².